The SMILES string of the molecule is CNC(C)C/C=C/c1cncc(-c2ccccc2)c1. The zero-order valence-corrected chi connectivity index (χ0v) is 11.5. The van der Waals surface area contributed by atoms with E-state index in [4.69, 9.17) is 0 Å². The summed E-state index contributed by atoms with van der Waals surface area (Å²) < 4.78 is 0. The van der Waals surface area contributed by atoms with Gasteiger partial charge in [0.2, 0.25) is 0 Å². The van der Waals surface area contributed by atoms with Crippen LogP contribution in [0.25, 0.3) is 17.2 Å². The number of nitrogens with one attached hydrogen (secondary N) is 1. The van der Waals surface area contributed by atoms with Gasteiger partial charge in [-0.1, -0.05) is 42.5 Å². The third-order valence-corrected chi connectivity index (χ3v) is 3.16. The Kier molecular flexibility index (Phi) is 4.87. The molecule has 0 saturated carbocycles. The summed E-state index contributed by atoms with van der Waals surface area (Å²) in [7, 11) is 1.98. The van der Waals surface area contributed by atoms with Crippen LogP contribution in [-0.2, 0) is 0 Å². The van der Waals surface area contributed by atoms with Gasteiger partial charge in [-0.05, 0) is 37.6 Å². The maximum absolute atomic E-state index is 4.31. The first-order valence-electron chi connectivity index (χ1n) is 6.64. The minimum absolute atomic E-state index is 0.501. The summed E-state index contributed by atoms with van der Waals surface area (Å²) in [6, 6.07) is 13.0. The molecule has 1 atom stereocenters. The molecule has 1 unspecified atom stereocenters. The first-order valence-corrected chi connectivity index (χ1v) is 6.64. The summed E-state index contributed by atoms with van der Waals surface area (Å²) in [5.74, 6) is 0. The fraction of sp³-hybridized carbons (Fsp3) is 0.235. The lowest BCUT2D eigenvalue weighted by Gasteiger charge is -2.05. The number of hydrogen-bond donors (Lipinski definition) is 1. The molecule has 1 N–H and O–H groups in total. The Hall–Kier alpha value is -1.93. The highest BCUT2D eigenvalue weighted by Gasteiger charge is 1.98. The van der Waals surface area contributed by atoms with Crippen LogP contribution in [0.3, 0.4) is 0 Å². The molecule has 0 radical (unpaired) electrons. The Morgan fingerprint density at radius 2 is 1.95 bits per heavy atom. The molecule has 1 aromatic carbocycles. The van der Waals surface area contributed by atoms with Crippen LogP contribution < -0.4 is 5.32 Å². The van der Waals surface area contributed by atoms with Crippen LogP contribution in [0.4, 0.5) is 0 Å². The molecular formula is C17H20N2. The molecule has 0 saturated heterocycles. The van der Waals surface area contributed by atoms with E-state index in [0.717, 1.165) is 17.5 Å². The fourth-order valence-corrected chi connectivity index (χ4v) is 1.86. The normalized spacial score (nSPS) is 12.7. The first-order chi connectivity index (χ1) is 9.29. The monoisotopic (exact) mass is 252 g/mol. The molecule has 2 rings (SSSR count). The molecule has 0 aliphatic carbocycles. The lowest BCUT2D eigenvalue weighted by molar-refractivity contribution is 0.621. The number of pyridine rings is 1. The zero-order chi connectivity index (χ0) is 13.5. The van der Waals surface area contributed by atoms with E-state index in [9.17, 15) is 0 Å². The number of rotatable bonds is 5. The van der Waals surface area contributed by atoms with Gasteiger partial charge in [0.15, 0.2) is 0 Å². The molecule has 0 fully saturated rings. The zero-order valence-electron chi connectivity index (χ0n) is 11.5. The molecular weight excluding hydrogens is 232 g/mol. The summed E-state index contributed by atoms with van der Waals surface area (Å²) >= 11 is 0. The minimum Gasteiger partial charge on any atom is -0.317 e. The third kappa shape index (κ3) is 4.04. The number of aromatic nitrogens is 1. The minimum atomic E-state index is 0.501. The second kappa shape index (κ2) is 6.86. The van der Waals surface area contributed by atoms with Crippen molar-refractivity contribution in [3.63, 3.8) is 0 Å². The van der Waals surface area contributed by atoms with E-state index < -0.39 is 0 Å². The predicted octanol–water partition coefficient (Wildman–Crippen LogP) is 3.76. The van der Waals surface area contributed by atoms with Gasteiger partial charge in [-0.3, -0.25) is 4.98 Å². The fourth-order valence-electron chi connectivity index (χ4n) is 1.86. The van der Waals surface area contributed by atoms with Crippen molar-refractivity contribution in [1.82, 2.24) is 10.3 Å². The average Bonchev–Trinajstić information content (AvgIpc) is 2.48. The van der Waals surface area contributed by atoms with Crippen molar-refractivity contribution in [1.29, 1.82) is 0 Å². The van der Waals surface area contributed by atoms with Crippen molar-refractivity contribution in [3.05, 3.63) is 60.4 Å². The number of hydrogen-bond acceptors (Lipinski definition) is 2. The lowest BCUT2D eigenvalue weighted by Crippen LogP contribution is -2.19. The molecule has 0 aliphatic rings. The largest absolute Gasteiger partial charge is 0.317 e. The van der Waals surface area contributed by atoms with Gasteiger partial charge in [-0.15, -0.1) is 0 Å². The van der Waals surface area contributed by atoms with E-state index >= 15 is 0 Å². The molecule has 0 bridgehead atoms. The third-order valence-electron chi connectivity index (χ3n) is 3.16. The average molecular weight is 252 g/mol. The van der Waals surface area contributed by atoms with Crippen molar-refractivity contribution in [2.24, 2.45) is 0 Å². The number of nitrogens with zero attached hydrogens (tertiary/aromatic N) is 1. The predicted molar refractivity (Wildman–Crippen MR) is 81.8 cm³/mol. The molecule has 2 heteroatoms. The summed E-state index contributed by atoms with van der Waals surface area (Å²) in [5.41, 5.74) is 3.50. The van der Waals surface area contributed by atoms with Gasteiger partial charge in [-0.2, -0.15) is 0 Å². The summed E-state index contributed by atoms with van der Waals surface area (Å²) in [5, 5.41) is 3.22. The molecule has 1 aromatic heterocycles. The van der Waals surface area contributed by atoms with E-state index in [0.29, 0.717) is 6.04 Å². The van der Waals surface area contributed by atoms with E-state index in [-0.39, 0.29) is 0 Å². The smallest absolute Gasteiger partial charge is 0.0346 e. The highest BCUT2D eigenvalue weighted by molar-refractivity contribution is 5.65. The van der Waals surface area contributed by atoms with Crippen LogP contribution in [0.2, 0.25) is 0 Å². The molecule has 0 aliphatic heterocycles. The van der Waals surface area contributed by atoms with E-state index in [1.807, 2.05) is 37.6 Å². The molecule has 0 spiro atoms. The van der Waals surface area contributed by atoms with Gasteiger partial charge in [0, 0.05) is 24.0 Å². The summed E-state index contributed by atoms with van der Waals surface area (Å²) in [4.78, 5) is 4.31. The molecule has 2 nitrogen and oxygen atoms in total. The van der Waals surface area contributed by atoms with E-state index in [1.54, 1.807) is 0 Å². The Morgan fingerprint density at radius 1 is 1.16 bits per heavy atom. The summed E-state index contributed by atoms with van der Waals surface area (Å²) in [6.45, 7) is 2.17. The molecule has 2 aromatic rings. The first kappa shape index (κ1) is 13.5. The van der Waals surface area contributed by atoms with Crippen LogP contribution in [0.1, 0.15) is 18.9 Å². The summed E-state index contributed by atoms with van der Waals surface area (Å²) in [6.07, 6.45) is 9.14. The Bertz CT molecular complexity index is 532. The second-order valence-corrected chi connectivity index (χ2v) is 4.70. The Balaban J connectivity index is 2.12. The van der Waals surface area contributed by atoms with Crippen LogP contribution in [-0.4, -0.2) is 18.1 Å². The van der Waals surface area contributed by atoms with Gasteiger partial charge >= 0.3 is 0 Å². The quantitative estimate of drug-likeness (QED) is 0.876. The van der Waals surface area contributed by atoms with Crippen LogP contribution in [0, 0.1) is 0 Å². The van der Waals surface area contributed by atoms with Crippen LogP contribution in [0.5, 0.6) is 0 Å². The van der Waals surface area contributed by atoms with E-state index in [2.05, 4.69) is 47.6 Å². The van der Waals surface area contributed by atoms with Crippen molar-refractivity contribution >= 4 is 6.08 Å². The molecule has 98 valence electrons. The van der Waals surface area contributed by atoms with Gasteiger partial charge in [-0.25, -0.2) is 0 Å². The Labute approximate surface area is 115 Å². The standard InChI is InChI=1S/C17H20N2/c1-14(18-2)7-6-8-15-11-17(13-19-12-15)16-9-4-3-5-10-16/h3-6,8-14,18H,7H2,1-2H3/b8-6+. The van der Waals surface area contributed by atoms with Crippen molar-refractivity contribution < 1.29 is 0 Å². The number of benzene rings is 1. The van der Waals surface area contributed by atoms with Gasteiger partial charge < -0.3 is 5.32 Å². The lowest BCUT2D eigenvalue weighted by atomic mass is 10.1. The van der Waals surface area contributed by atoms with Gasteiger partial charge in [0.1, 0.15) is 0 Å². The van der Waals surface area contributed by atoms with E-state index in [1.165, 1.54) is 5.56 Å². The molecule has 0 amide bonds. The Morgan fingerprint density at radius 3 is 2.68 bits per heavy atom. The topological polar surface area (TPSA) is 24.9 Å². The highest BCUT2D eigenvalue weighted by Crippen LogP contribution is 2.19. The maximum atomic E-state index is 4.31. The molecule has 19 heavy (non-hydrogen) atoms. The highest BCUT2D eigenvalue weighted by atomic mass is 14.8. The van der Waals surface area contributed by atoms with Crippen molar-refractivity contribution in [2.45, 2.75) is 19.4 Å². The van der Waals surface area contributed by atoms with Crippen molar-refractivity contribution in [3.8, 4) is 11.1 Å². The molecule has 1 heterocycles. The van der Waals surface area contributed by atoms with Gasteiger partial charge in [0.05, 0.1) is 0 Å². The van der Waals surface area contributed by atoms with Crippen LogP contribution in [0.15, 0.2) is 54.9 Å². The maximum Gasteiger partial charge on any atom is 0.0346 e. The second-order valence-electron chi connectivity index (χ2n) is 4.70. The van der Waals surface area contributed by atoms with Crippen LogP contribution >= 0.6 is 0 Å². The van der Waals surface area contributed by atoms with Crippen molar-refractivity contribution in [2.75, 3.05) is 7.05 Å². The van der Waals surface area contributed by atoms with Gasteiger partial charge in [0.25, 0.3) is 0 Å².